The summed E-state index contributed by atoms with van der Waals surface area (Å²) in [6, 6.07) is 66.1. The molecule has 2 aromatic heterocycles. The highest BCUT2D eigenvalue weighted by Gasteiger charge is 2.17. The van der Waals surface area contributed by atoms with Crippen LogP contribution in [0.15, 0.2) is 182 Å². The predicted molar refractivity (Wildman–Crippen MR) is 211 cm³/mol. The molecule has 8 aromatic carbocycles. The van der Waals surface area contributed by atoms with E-state index in [0.717, 1.165) is 22.7 Å². The monoisotopic (exact) mass is 642 g/mol. The minimum Gasteiger partial charge on any atom is -0.311 e. The summed E-state index contributed by atoms with van der Waals surface area (Å²) in [5, 5.41) is 7.74. The van der Waals surface area contributed by atoms with Crippen LogP contribution in [-0.4, -0.2) is 4.57 Å². The van der Waals surface area contributed by atoms with E-state index in [-0.39, 0.29) is 0 Å². The van der Waals surface area contributed by atoms with Crippen LogP contribution >= 0.6 is 11.3 Å². The van der Waals surface area contributed by atoms with Crippen LogP contribution in [0.25, 0.3) is 69.6 Å². The van der Waals surface area contributed by atoms with Crippen molar-refractivity contribution in [2.24, 2.45) is 0 Å². The third-order valence-corrected chi connectivity index (χ3v) is 10.9. The Bertz CT molecular complexity index is 2810. The molecule has 10 aromatic rings. The first kappa shape index (κ1) is 27.9. The smallest absolute Gasteiger partial charge is 0.0555 e. The van der Waals surface area contributed by atoms with E-state index in [4.69, 9.17) is 0 Å². The predicted octanol–water partition coefficient (Wildman–Crippen LogP) is 13.4. The van der Waals surface area contributed by atoms with Gasteiger partial charge in [0.2, 0.25) is 0 Å². The van der Waals surface area contributed by atoms with Crippen LogP contribution in [0.3, 0.4) is 0 Å². The number of nitrogens with zero attached hydrogens (tertiary/aromatic N) is 2. The number of hydrogen-bond donors (Lipinski definition) is 0. The van der Waals surface area contributed by atoms with Crippen LogP contribution in [0.2, 0.25) is 0 Å². The Labute approximate surface area is 288 Å². The molecule has 49 heavy (non-hydrogen) atoms. The Morgan fingerprint density at radius 3 is 1.82 bits per heavy atom. The second-order valence-electron chi connectivity index (χ2n) is 12.6. The van der Waals surface area contributed by atoms with Crippen molar-refractivity contribution in [1.29, 1.82) is 0 Å². The van der Waals surface area contributed by atoms with E-state index in [1.54, 1.807) is 0 Å². The highest BCUT2D eigenvalue weighted by atomic mass is 32.1. The highest BCUT2D eigenvalue weighted by molar-refractivity contribution is 7.25. The Kier molecular flexibility index (Phi) is 6.39. The van der Waals surface area contributed by atoms with Crippen molar-refractivity contribution in [3.8, 4) is 16.8 Å². The molecule has 0 fully saturated rings. The van der Waals surface area contributed by atoms with Crippen molar-refractivity contribution < 1.29 is 0 Å². The van der Waals surface area contributed by atoms with E-state index < -0.39 is 0 Å². The molecule has 10 rings (SSSR count). The van der Waals surface area contributed by atoms with E-state index >= 15 is 0 Å². The lowest BCUT2D eigenvalue weighted by Gasteiger charge is -2.26. The maximum absolute atomic E-state index is 2.42. The lowest BCUT2D eigenvalue weighted by Crippen LogP contribution is -2.10. The lowest BCUT2D eigenvalue weighted by molar-refractivity contribution is 1.17. The fourth-order valence-corrected chi connectivity index (χ4v) is 8.53. The summed E-state index contributed by atoms with van der Waals surface area (Å²) in [5.41, 5.74) is 9.38. The first-order valence-electron chi connectivity index (χ1n) is 16.7. The van der Waals surface area contributed by atoms with Crippen LogP contribution < -0.4 is 4.90 Å². The highest BCUT2D eigenvalue weighted by Crippen LogP contribution is 2.41. The first-order valence-corrected chi connectivity index (χ1v) is 17.5. The second kappa shape index (κ2) is 11.2. The van der Waals surface area contributed by atoms with Crippen molar-refractivity contribution in [3.05, 3.63) is 182 Å². The summed E-state index contributed by atoms with van der Waals surface area (Å²) >= 11 is 1.87. The number of benzene rings is 8. The average molecular weight is 643 g/mol. The number of thiophene rings is 1. The zero-order valence-electron chi connectivity index (χ0n) is 26.6. The standard InChI is InChI=1S/C46H30N2S/c1-2-12-35(13-3-1)47(36-22-20-32(21-23-36)34-19-18-31-10-4-5-11-33(31)28-34)37-24-26-38(27-25-37)48-43-16-8-6-14-39(43)41-29-42-40-15-7-9-17-45(40)49-46(42)30-44(41)48/h1-30H. The van der Waals surface area contributed by atoms with Crippen molar-refractivity contribution in [2.45, 2.75) is 0 Å². The van der Waals surface area contributed by atoms with Gasteiger partial charge in [0.05, 0.1) is 11.0 Å². The molecule has 230 valence electrons. The summed E-state index contributed by atoms with van der Waals surface area (Å²) in [4.78, 5) is 2.33. The molecule has 0 aliphatic heterocycles. The van der Waals surface area contributed by atoms with Crippen molar-refractivity contribution in [3.63, 3.8) is 0 Å². The summed E-state index contributed by atoms with van der Waals surface area (Å²) < 4.78 is 5.07. The van der Waals surface area contributed by atoms with E-state index in [0.29, 0.717) is 0 Å². The average Bonchev–Trinajstić information content (AvgIpc) is 3.69. The fraction of sp³-hybridized carbons (Fsp3) is 0. The number of anilines is 3. The summed E-state index contributed by atoms with van der Waals surface area (Å²) in [5.74, 6) is 0. The van der Waals surface area contributed by atoms with Gasteiger partial charge in [-0.1, -0.05) is 103 Å². The Morgan fingerprint density at radius 1 is 0.367 bits per heavy atom. The number of fused-ring (bicyclic) bond motifs is 7. The van der Waals surface area contributed by atoms with Crippen molar-refractivity contribution in [2.75, 3.05) is 4.90 Å². The first-order chi connectivity index (χ1) is 24.3. The molecule has 2 nitrogen and oxygen atoms in total. The maximum Gasteiger partial charge on any atom is 0.0555 e. The fourth-order valence-electron chi connectivity index (χ4n) is 7.41. The van der Waals surface area contributed by atoms with Gasteiger partial charge < -0.3 is 9.47 Å². The van der Waals surface area contributed by atoms with Gasteiger partial charge in [0, 0.05) is 53.7 Å². The van der Waals surface area contributed by atoms with Gasteiger partial charge in [-0.15, -0.1) is 11.3 Å². The Morgan fingerprint density at radius 2 is 1.00 bits per heavy atom. The third kappa shape index (κ3) is 4.62. The summed E-state index contributed by atoms with van der Waals surface area (Å²) in [6.07, 6.45) is 0. The number of rotatable bonds is 5. The summed E-state index contributed by atoms with van der Waals surface area (Å²) in [7, 11) is 0. The van der Waals surface area contributed by atoms with Crippen molar-refractivity contribution >= 4 is 81.1 Å². The topological polar surface area (TPSA) is 8.17 Å². The molecule has 0 unspecified atom stereocenters. The van der Waals surface area contributed by atoms with E-state index in [9.17, 15) is 0 Å². The van der Waals surface area contributed by atoms with Gasteiger partial charge in [-0.25, -0.2) is 0 Å². The van der Waals surface area contributed by atoms with Gasteiger partial charge in [0.25, 0.3) is 0 Å². The normalized spacial score (nSPS) is 11.7. The van der Waals surface area contributed by atoms with Crippen LogP contribution in [0.4, 0.5) is 17.1 Å². The van der Waals surface area contributed by atoms with E-state index in [2.05, 4.69) is 191 Å². The van der Waals surface area contributed by atoms with Gasteiger partial charge in [-0.3, -0.25) is 0 Å². The SMILES string of the molecule is c1ccc(N(c2ccc(-c3ccc4ccccc4c3)cc2)c2ccc(-n3c4ccccc4c4cc5c(cc43)sc3ccccc35)cc2)cc1. The molecule has 2 heterocycles. The third-order valence-electron chi connectivity index (χ3n) is 9.76. The quantitative estimate of drug-likeness (QED) is 0.181. The number of hydrogen-bond acceptors (Lipinski definition) is 2. The molecule has 0 bridgehead atoms. The van der Waals surface area contributed by atoms with Gasteiger partial charge in [0.1, 0.15) is 0 Å². The Balaban J connectivity index is 1.07. The molecular weight excluding hydrogens is 613 g/mol. The van der Waals surface area contributed by atoms with Gasteiger partial charge in [0.15, 0.2) is 0 Å². The van der Waals surface area contributed by atoms with Crippen LogP contribution in [-0.2, 0) is 0 Å². The zero-order valence-corrected chi connectivity index (χ0v) is 27.4. The number of para-hydroxylation sites is 2. The molecule has 0 radical (unpaired) electrons. The molecule has 0 aliphatic carbocycles. The molecule has 3 heteroatoms. The van der Waals surface area contributed by atoms with Crippen LogP contribution in [0, 0.1) is 0 Å². The molecular formula is C46H30N2S. The van der Waals surface area contributed by atoms with Crippen LogP contribution in [0.5, 0.6) is 0 Å². The van der Waals surface area contributed by atoms with Gasteiger partial charge in [-0.2, -0.15) is 0 Å². The molecule has 0 saturated heterocycles. The molecule has 0 atom stereocenters. The molecule has 0 N–H and O–H groups in total. The zero-order chi connectivity index (χ0) is 32.3. The Hall–Kier alpha value is -6.16. The molecule has 0 aliphatic rings. The molecule has 0 amide bonds. The van der Waals surface area contributed by atoms with E-state index in [1.165, 1.54) is 63.9 Å². The largest absolute Gasteiger partial charge is 0.311 e. The molecule has 0 spiro atoms. The van der Waals surface area contributed by atoms with Crippen molar-refractivity contribution in [1.82, 2.24) is 4.57 Å². The lowest BCUT2D eigenvalue weighted by atomic mass is 10.0. The summed E-state index contributed by atoms with van der Waals surface area (Å²) in [6.45, 7) is 0. The molecule has 0 saturated carbocycles. The number of aromatic nitrogens is 1. The second-order valence-corrected chi connectivity index (χ2v) is 13.7. The van der Waals surface area contributed by atoms with Gasteiger partial charge in [-0.05, 0) is 101 Å². The minimum absolute atomic E-state index is 1.11. The maximum atomic E-state index is 2.42. The minimum atomic E-state index is 1.11. The van der Waals surface area contributed by atoms with Gasteiger partial charge >= 0.3 is 0 Å². The van der Waals surface area contributed by atoms with Crippen LogP contribution in [0.1, 0.15) is 0 Å². The van der Waals surface area contributed by atoms with E-state index in [1.807, 2.05) is 11.3 Å².